The molecule has 0 bridgehead atoms. The van der Waals surface area contributed by atoms with E-state index in [-0.39, 0.29) is 13.1 Å². The SMILES string of the molecule is Cc1c(COc2ccc(CN(CC#N)C(CO)C(=O)O)cc2Cl)cccc1-c1ccccc1. The number of aliphatic hydroxyl groups excluding tert-OH is 1. The molecule has 33 heavy (non-hydrogen) atoms. The van der Waals surface area contributed by atoms with E-state index in [0.29, 0.717) is 22.9 Å². The van der Waals surface area contributed by atoms with Crippen LogP contribution >= 0.6 is 11.6 Å². The van der Waals surface area contributed by atoms with E-state index in [1.54, 1.807) is 18.2 Å². The summed E-state index contributed by atoms with van der Waals surface area (Å²) in [5.41, 5.74) is 5.18. The number of hydrogen-bond acceptors (Lipinski definition) is 5. The van der Waals surface area contributed by atoms with Gasteiger partial charge in [-0.1, -0.05) is 66.2 Å². The molecule has 1 atom stereocenters. The lowest BCUT2D eigenvalue weighted by molar-refractivity contribution is -0.144. The van der Waals surface area contributed by atoms with Gasteiger partial charge < -0.3 is 14.9 Å². The Morgan fingerprint density at radius 1 is 1.15 bits per heavy atom. The van der Waals surface area contributed by atoms with Crippen molar-refractivity contribution in [1.29, 1.82) is 5.26 Å². The number of ether oxygens (including phenoxy) is 1. The molecule has 3 rings (SSSR count). The maximum absolute atomic E-state index is 11.4. The van der Waals surface area contributed by atoms with Crippen molar-refractivity contribution in [3.8, 4) is 22.9 Å². The molecule has 0 amide bonds. The van der Waals surface area contributed by atoms with Gasteiger partial charge in [0.15, 0.2) is 0 Å². The minimum Gasteiger partial charge on any atom is -0.487 e. The normalized spacial score (nSPS) is 11.7. The van der Waals surface area contributed by atoms with Crippen LogP contribution in [0.2, 0.25) is 5.02 Å². The van der Waals surface area contributed by atoms with Crippen molar-refractivity contribution >= 4 is 17.6 Å². The third-order valence-electron chi connectivity index (χ3n) is 5.47. The van der Waals surface area contributed by atoms with Crippen LogP contribution in [0.1, 0.15) is 16.7 Å². The molecular formula is C26H25ClN2O4. The molecule has 3 aromatic rings. The molecule has 0 heterocycles. The zero-order chi connectivity index (χ0) is 23.8. The maximum Gasteiger partial charge on any atom is 0.323 e. The number of nitrogens with zero attached hydrogens (tertiary/aromatic N) is 2. The van der Waals surface area contributed by atoms with Gasteiger partial charge in [0.2, 0.25) is 0 Å². The first-order valence-corrected chi connectivity index (χ1v) is 10.8. The van der Waals surface area contributed by atoms with Crippen molar-refractivity contribution in [1.82, 2.24) is 4.90 Å². The minimum absolute atomic E-state index is 0.134. The van der Waals surface area contributed by atoms with E-state index in [0.717, 1.165) is 22.3 Å². The van der Waals surface area contributed by atoms with E-state index in [9.17, 15) is 15.0 Å². The van der Waals surface area contributed by atoms with Crippen LogP contribution in [0.15, 0.2) is 66.7 Å². The highest BCUT2D eigenvalue weighted by molar-refractivity contribution is 6.32. The summed E-state index contributed by atoms with van der Waals surface area (Å²) in [6, 6.07) is 22.2. The number of carboxylic acids is 1. The first-order chi connectivity index (χ1) is 15.9. The molecule has 0 saturated heterocycles. The van der Waals surface area contributed by atoms with E-state index < -0.39 is 18.6 Å². The Labute approximate surface area is 198 Å². The average molecular weight is 465 g/mol. The number of hydrogen-bond donors (Lipinski definition) is 2. The third-order valence-corrected chi connectivity index (χ3v) is 5.76. The summed E-state index contributed by atoms with van der Waals surface area (Å²) >= 11 is 6.42. The molecule has 7 heteroatoms. The number of benzene rings is 3. The van der Waals surface area contributed by atoms with Gasteiger partial charge in [-0.15, -0.1) is 0 Å². The fourth-order valence-electron chi connectivity index (χ4n) is 3.64. The second kappa shape index (κ2) is 11.5. The Kier molecular flexibility index (Phi) is 8.45. The highest BCUT2D eigenvalue weighted by Gasteiger charge is 2.25. The van der Waals surface area contributed by atoms with Gasteiger partial charge in [0, 0.05) is 6.54 Å². The Bertz CT molecular complexity index is 1140. The average Bonchev–Trinajstić information content (AvgIpc) is 2.80. The Morgan fingerprint density at radius 3 is 2.55 bits per heavy atom. The zero-order valence-electron chi connectivity index (χ0n) is 18.2. The van der Waals surface area contributed by atoms with Gasteiger partial charge in [-0.05, 0) is 46.9 Å². The summed E-state index contributed by atoms with van der Waals surface area (Å²) in [6.07, 6.45) is 0. The molecule has 0 aliphatic carbocycles. The van der Waals surface area contributed by atoms with E-state index >= 15 is 0 Å². The van der Waals surface area contributed by atoms with Crippen LogP contribution in [0.4, 0.5) is 0 Å². The second-order valence-electron chi connectivity index (χ2n) is 7.61. The van der Waals surface area contributed by atoms with E-state index in [1.165, 1.54) is 4.90 Å². The zero-order valence-corrected chi connectivity index (χ0v) is 19.0. The monoisotopic (exact) mass is 464 g/mol. The Morgan fingerprint density at radius 2 is 1.91 bits per heavy atom. The van der Waals surface area contributed by atoms with Crippen LogP contribution in [0.25, 0.3) is 11.1 Å². The smallest absolute Gasteiger partial charge is 0.323 e. The highest BCUT2D eigenvalue weighted by atomic mass is 35.5. The van der Waals surface area contributed by atoms with Gasteiger partial charge in [0.25, 0.3) is 0 Å². The summed E-state index contributed by atoms with van der Waals surface area (Å²) in [4.78, 5) is 12.7. The number of carboxylic acid groups (broad SMARTS) is 1. The standard InChI is InChI=1S/C26H25ClN2O4/c1-18-21(8-5-9-22(18)20-6-3-2-4-7-20)17-33-25-11-10-19(14-23(25)27)15-29(13-12-28)24(16-30)26(31)32/h2-11,14,24,30H,13,15-17H2,1H3,(H,31,32). The number of halogens is 1. The van der Waals surface area contributed by atoms with E-state index in [1.807, 2.05) is 36.4 Å². The van der Waals surface area contributed by atoms with Crippen molar-refractivity contribution in [3.05, 3.63) is 88.4 Å². The van der Waals surface area contributed by atoms with Gasteiger partial charge in [0.05, 0.1) is 24.2 Å². The number of nitriles is 1. The molecule has 0 spiro atoms. The van der Waals surface area contributed by atoms with Crippen LogP contribution in [0, 0.1) is 18.3 Å². The fourth-order valence-corrected chi connectivity index (χ4v) is 3.89. The lowest BCUT2D eigenvalue weighted by Gasteiger charge is -2.25. The van der Waals surface area contributed by atoms with E-state index in [2.05, 4.69) is 25.1 Å². The summed E-state index contributed by atoms with van der Waals surface area (Å²) < 4.78 is 5.98. The predicted molar refractivity (Wildman–Crippen MR) is 127 cm³/mol. The molecule has 6 nitrogen and oxygen atoms in total. The van der Waals surface area contributed by atoms with Gasteiger partial charge >= 0.3 is 5.97 Å². The molecular weight excluding hydrogens is 440 g/mol. The van der Waals surface area contributed by atoms with Crippen molar-refractivity contribution in [2.24, 2.45) is 0 Å². The number of rotatable bonds is 10. The second-order valence-corrected chi connectivity index (χ2v) is 8.02. The highest BCUT2D eigenvalue weighted by Crippen LogP contribution is 2.29. The summed E-state index contributed by atoms with van der Waals surface area (Å²) in [6.45, 7) is 1.84. The topological polar surface area (TPSA) is 93.8 Å². The molecule has 1 unspecified atom stereocenters. The van der Waals surface area contributed by atoms with E-state index in [4.69, 9.17) is 21.6 Å². The predicted octanol–water partition coefficient (Wildman–Crippen LogP) is 4.67. The van der Waals surface area contributed by atoms with Gasteiger partial charge in [0.1, 0.15) is 18.4 Å². The van der Waals surface area contributed by atoms with Crippen LogP contribution < -0.4 is 4.74 Å². The largest absolute Gasteiger partial charge is 0.487 e. The fraction of sp³-hybridized carbons (Fsp3) is 0.231. The first-order valence-electron chi connectivity index (χ1n) is 10.4. The Balaban J connectivity index is 1.73. The molecule has 0 aromatic heterocycles. The quantitative estimate of drug-likeness (QED) is 0.423. The molecule has 0 aliphatic rings. The minimum atomic E-state index is -1.19. The molecule has 3 aromatic carbocycles. The Hall–Kier alpha value is -3.37. The number of aliphatic carboxylic acids is 1. The molecule has 0 radical (unpaired) electrons. The lowest BCUT2D eigenvalue weighted by Crippen LogP contribution is -2.43. The van der Waals surface area contributed by atoms with Crippen LogP contribution in [-0.4, -0.2) is 40.3 Å². The van der Waals surface area contributed by atoms with Gasteiger partial charge in [-0.2, -0.15) is 5.26 Å². The molecule has 0 aliphatic heterocycles. The maximum atomic E-state index is 11.4. The van der Waals surface area contributed by atoms with Crippen molar-refractivity contribution in [2.45, 2.75) is 26.1 Å². The van der Waals surface area contributed by atoms with Gasteiger partial charge in [-0.3, -0.25) is 9.69 Å². The van der Waals surface area contributed by atoms with Crippen molar-refractivity contribution < 1.29 is 19.7 Å². The van der Waals surface area contributed by atoms with Crippen LogP contribution in [-0.2, 0) is 17.9 Å². The molecule has 170 valence electrons. The van der Waals surface area contributed by atoms with Crippen molar-refractivity contribution in [2.75, 3.05) is 13.2 Å². The summed E-state index contributed by atoms with van der Waals surface area (Å²) in [5.74, 6) is -0.680. The summed E-state index contributed by atoms with van der Waals surface area (Å²) in [7, 11) is 0. The van der Waals surface area contributed by atoms with Crippen molar-refractivity contribution in [3.63, 3.8) is 0 Å². The van der Waals surface area contributed by atoms with Crippen LogP contribution in [0.5, 0.6) is 5.75 Å². The first kappa shape index (κ1) is 24.3. The summed E-state index contributed by atoms with van der Waals surface area (Å²) in [5, 5.41) is 28.1. The van der Waals surface area contributed by atoms with Gasteiger partial charge in [-0.25, -0.2) is 0 Å². The third kappa shape index (κ3) is 6.11. The molecule has 0 fully saturated rings. The molecule has 0 saturated carbocycles. The number of carbonyl (C=O) groups is 1. The lowest BCUT2D eigenvalue weighted by atomic mass is 9.97. The van der Waals surface area contributed by atoms with Crippen LogP contribution in [0.3, 0.4) is 0 Å². The molecule has 2 N–H and O–H groups in total. The number of aliphatic hydroxyl groups is 1.